The average molecular weight is 475 g/mol. The number of nitrogens with zero attached hydrogens (tertiary/aromatic N) is 2. The number of esters is 1. The van der Waals surface area contributed by atoms with Crippen LogP contribution in [0.1, 0.15) is 41.6 Å². The van der Waals surface area contributed by atoms with E-state index in [0.29, 0.717) is 11.4 Å². The van der Waals surface area contributed by atoms with Gasteiger partial charge in [0, 0.05) is 17.9 Å². The predicted molar refractivity (Wildman–Crippen MR) is 119 cm³/mol. The number of amides is 1. The van der Waals surface area contributed by atoms with Gasteiger partial charge in [-0.1, -0.05) is 0 Å². The first-order chi connectivity index (χ1) is 15.6. The zero-order chi connectivity index (χ0) is 24.2. The fraction of sp³-hybridized carbons (Fsp3) is 0.227. The van der Waals surface area contributed by atoms with Crippen molar-refractivity contribution in [1.82, 2.24) is 14.5 Å². The van der Waals surface area contributed by atoms with E-state index >= 15 is 0 Å². The smallest absolute Gasteiger partial charge is 0.358 e. The van der Waals surface area contributed by atoms with E-state index in [1.807, 2.05) is 0 Å². The molecule has 0 unspecified atom stereocenters. The normalized spacial score (nSPS) is 11.4. The maximum absolute atomic E-state index is 14.3. The second-order valence-electron chi connectivity index (χ2n) is 7.28. The first-order valence-corrected chi connectivity index (χ1v) is 11.6. The van der Waals surface area contributed by atoms with Crippen LogP contribution in [0, 0.1) is 5.82 Å². The Bertz CT molecular complexity index is 1270. The summed E-state index contributed by atoms with van der Waals surface area (Å²) in [7, 11) is -3.89. The van der Waals surface area contributed by atoms with Crippen molar-refractivity contribution in [1.29, 1.82) is 0 Å². The molecule has 2 aromatic carbocycles. The first-order valence-electron chi connectivity index (χ1n) is 10.1. The van der Waals surface area contributed by atoms with Gasteiger partial charge in [-0.25, -0.2) is 27.0 Å². The highest BCUT2D eigenvalue weighted by atomic mass is 32.2. The maximum atomic E-state index is 14.3. The summed E-state index contributed by atoms with van der Waals surface area (Å²) in [4.78, 5) is 24.1. The van der Waals surface area contributed by atoms with E-state index in [1.54, 1.807) is 51.2 Å². The van der Waals surface area contributed by atoms with Gasteiger partial charge in [0.2, 0.25) is 10.0 Å². The van der Waals surface area contributed by atoms with Crippen LogP contribution < -0.4 is 10.0 Å². The number of hydrogen-bond acceptors (Lipinski definition) is 6. The van der Waals surface area contributed by atoms with Gasteiger partial charge in [0.25, 0.3) is 5.91 Å². The summed E-state index contributed by atoms with van der Waals surface area (Å²) in [5.41, 5.74) is 0.723. The Balaban J connectivity index is 1.76. The van der Waals surface area contributed by atoms with Crippen LogP contribution >= 0.6 is 0 Å². The highest BCUT2D eigenvalue weighted by Gasteiger charge is 2.20. The van der Waals surface area contributed by atoms with Crippen LogP contribution in [0.15, 0.2) is 59.6 Å². The SMILES string of the molecule is CCOC(=O)c1ccn(-c2ccc(NC(=O)c3cc(S(=O)(=O)NC(C)C)ccc3F)cc2)n1. The van der Waals surface area contributed by atoms with E-state index in [2.05, 4.69) is 15.1 Å². The number of ether oxygens (including phenoxy) is 1. The molecule has 0 radical (unpaired) electrons. The molecular formula is C22H23FN4O5S. The fourth-order valence-electron chi connectivity index (χ4n) is 2.90. The third kappa shape index (κ3) is 5.82. The van der Waals surface area contributed by atoms with Gasteiger partial charge in [0.15, 0.2) is 5.69 Å². The molecule has 1 amide bonds. The molecule has 33 heavy (non-hydrogen) atoms. The number of benzene rings is 2. The number of hydrogen-bond donors (Lipinski definition) is 2. The molecule has 2 N–H and O–H groups in total. The number of rotatable bonds is 8. The van der Waals surface area contributed by atoms with Crippen molar-refractivity contribution < 1.29 is 27.1 Å². The van der Waals surface area contributed by atoms with Gasteiger partial charge >= 0.3 is 5.97 Å². The molecule has 0 atom stereocenters. The van der Waals surface area contributed by atoms with Crippen LogP contribution in [0.25, 0.3) is 5.69 Å². The molecule has 0 saturated heterocycles. The van der Waals surface area contributed by atoms with Gasteiger partial charge in [0.05, 0.1) is 22.8 Å². The first kappa shape index (κ1) is 24.1. The van der Waals surface area contributed by atoms with Gasteiger partial charge < -0.3 is 10.1 Å². The minimum Gasteiger partial charge on any atom is -0.461 e. The van der Waals surface area contributed by atoms with E-state index in [0.717, 1.165) is 18.2 Å². The van der Waals surface area contributed by atoms with Gasteiger partial charge in [-0.15, -0.1) is 0 Å². The van der Waals surface area contributed by atoms with E-state index in [-0.39, 0.29) is 23.2 Å². The number of sulfonamides is 1. The lowest BCUT2D eigenvalue weighted by molar-refractivity contribution is 0.0518. The zero-order valence-corrected chi connectivity index (χ0v) is 19.0. The highest BCUT2D eigenvalue weighted by Crippen LogP contribution is 2.19. The predicted octanol–water partition coefficient (Wildman–Crippen LogP) is 3.13. The lowest BCUT2D eigenvalue weighted by Gasteiger charge is -2.12. The Morgan fingerprint density at radius 2 is 1.82 bits per heavy atom. The standard InChI is InChI=1S/C22H23FN4O5S/c1-4-32-22(29)20-11-12-27(25-20)16-7-5-15(6-8-16)24-21(28)18-13-17(9-10-19(18)23)33(30,31)26-14(2)3/h5-14,26H,4H2,1-3H3,(H,24,28). The number of halogens is 1. The van der Waals surface area contributed by atoms with Crippen molar-refractivity contribution in [2.24, 2.45) is 0 Å². The van der Waals surface area contributed by atoms with E-state index in [4.69, 9.17) is 4.74 Å². The van der Waals surface area contributed by atoms with E-state index in [9.17, 15) is 22.4 Å². The van der Waals surface area contributed by atoms with Gasteiger partial charge in [-0.3, -0.25) is 4.79 Å². The van der Waals surface area contributed by atoms with Crippen LogP contribution in [0.2, 0.25) is 0 Å². The maximum Gasteiger partial charge on any atom is 0.358 e. The second kappa shape index (κ2) is 9.92. The molecule has 0 aliphatic heterocycles. The topological polar surface area (TPSA) is 119 Å². The molecule has 1 heterocycles. The summed E-state index contributed by atoms with van der Waals surface area (Å²) in [6.45, 7) is 5.24. The minimum absolute atomic E-state index is 0.159. The van der Waals surface area contributed by atoms with Crippen molar-refractivity contribution in [2.75, 3.05) is 11.9 Å². The Hall–Kier alpha value is -3.57. The Kier molecular flexibility index (Phi) is 7.24. The summed E-state index contributed by atoms with van der Waals surface area (Å²) in [5.74, 6) is -2.18. The highest BCUT2D eigenvalue weighted by molar-refractivity contribution is 7.89. The average Bonchev–Trinajstić information content (AvgIpc) is 3.24. The summed E-state index contributed by atoms with van der Waals surface area (Å²) in [6, 6.07) is 10.6. The second-order valence-corrected chi connectivity index (χ2v) is 9.00. The molecule has 0 spiro atoms. The molecular weight excluding hydrogens is 451 g/mol. The Morgan fingerprint density at radius 1 is 1.12 bits per heavy atom. The van der Waals surface area contributed by atoms with Gasteiger partial charge in [-0.05, 0) is 69.3 Å². The third-order valence-corrected chi connectivity index (χ3v) is 6.00. The van der Waals surface area contributed by atoms with Crippen LogP contribution in [0.3, 0.4) is 0 Å². The Labute approximate surface area is 190 Å². The largest absolute Gasteiger partial charge is 0.461 e. The summed E-state index contributed by atoms with van der Waals surface area (Å²) in [6.07, 6.45) is 1.59. The van der Waals surface area contributed by atoms with Crippen molar-refractivity contribution >= 4 is 27.6 Å². The van der Waals surface area contributed by atoms with Crippen LogP contribution in [0.4, 0.5) is 10.1 Å². The minimum atomic E-state index is -3.89. The number of carbonyl (C=O) groups is 2. The summed E-state index contributed by atoms with van der Waals surface area (Å²) < 4.78 is 47.7. The number of nitrogens with one attached hydrogen (secondary N) is 2. The molecule has 9 nitrogen and oxygen atoms in total. The molecule has 0 saturated carbocycles. The van der Waals surface area contributed by atoms with Crippen molar-refractivity contribution in [3.8, 4) is 5.69 Å². The van der Waals surface area contributed by atoms with E-state index in [1.165, 1.54) is 10.7 Å². The van der Waals surface area contributed by atoms with Crippen LogP contribution in [-0.4, -0.2) is 42.7 Å². The lowest BCUT2D eigenvalue weighted by atomic mass is 10.2. The molecule has 1 aromatic heterocycles. The molecule has 0 bridgehead atoms. The molecule has 3 rings (SSSR count). The van der Waals surface area contributed by atoms with Crippen LogP contribution in [0.5, 0.6) is 0 Å². The van der Waals surface area contributed by atoms with Gasteiger partial charge in [0.1, 0.15) is 5.82 Å². The quantitative estimate of drug-likeness (QED) is 0.484. The molecule has 0 aliphatic rings. The number of carbonyl (C=O) groups excluding carboxylic acids is 2. The summed E-state index contributed by atoms with van der Waals surface area (Å²) in [5, 5.41) is 6.68. The number of aromatic nitrogens is 2. The number of anilines is 1. The van der Waals surface area contributed by atoms with E-state index < -0.39 is 33.3 Å². The molecule has 0 aliphatic carbocycles. The van der Waals surface area contributed by atoms with Crippen molar-refractivity contribution in [3.05, 3.63) is 71.8 Å². The molecule has 3 aromatic rings. The molecule has 174 valence electrons. The van der Waals surface area contributed by atoms with Gasteiger partial charge in [-0.2, -0.15) is 5.10 Å². The van der Waals surface area contributed by atoms with Crippen molar-refractivity contribution in [3.63, 3.8) is 0 Å². The summed E-state index contributed by atoms with van der Waals surface area (Å²) >= 11 is 0. The Morgan fingerprint density at radius 3 is 2.45 bits per heavy atom. The monoisotopic (exact) mass is 474 g/mol. The zero-order valence-electron chi connectivity index (χ0n) is 18.2. The molecule has 11 heteroatoms. The molecule has 0 fully saturated rings. The lowest BCUT2D eigenvalue weighted by Crippen LogP contribution is -2.30. The fourth-order valence-corrected chi connectivity index (χ4v) is 4.18. The van der Waals surface area contributed by atoms with Crippen LogP contribution in [-0.2, 0) is 14.8 Å². The van der Waals surface area contributed by atoms with Crippen molar-refractivity contribution in [2.45, 2.75) is 31.7 Å². The third-order valence-electron chi connectivity index (χ3n) is 4.35.